The average molecular weight is 277 g/mol. The summed E-state index contributed by atoms with van der Waals surface area (Å²) in [6.45, 7) is 8.77. The first kappa shape index (κ1) is 15.7. The molecule has 20 heavy (non-hydrogen) atoms. The zero-order chi connectivity index (χ0) is 15.1. The third kappa shape index (κ3) is 4.72. The summed E-state index contributed by atoms with van der Waals surface area (Å²) >= 11 is 0. The Hall–Kier alpha value is -2.37. The first-order valence-corrected chi connectivity index (χ1v) is 6.34. The fourth-order valence-electron chi connectivity index (χ4n) is 1.72. The second kappa shape index (κ2) is 7.28. The third-order valence-electron chi connectivity index (χ3n) is 2.70. The van der Waals surface area contributed by atoms with Crippen molar-refractivity contribution in [1.29, 1.82) is 0 Å². The molecule has 1 aromatic carbocycles. The van der Waals surface area contributed by atoms with E-state index in [9.17, 15) is 14.9 Å². The number of nitrogens with one attached hydrogen (secondary N) is 1. The zero-order valence-electron chi connectivity index (χ0n) is 11.8. The molecule has 0 radical (unpaired) electrons. The van der Waals surface area contributed by atoms with E-state index in [1.165, 1.54) is 12.1 Å². The second-order valence-electron chi connectivity index (χ2n) is 4.53. The minimum absolute atomic E-state index is 0.00303. The van der Waals surface area contributed by atoms with Gasteiger partial charge in [-0.05, 0) is 19.9 Å². The molecule has 0 bridgehead atoms. The summed E-state index contributed by atoms with van der Waals surface area (Å²) in [5.74, 6) is -0.0676. The van der Waals surface area contributed by atoms with Crippen LogP contribution < -0.4 is 5.32 Å². The Labute approximate surface area is 118 Å². The van der Waals surface area contributed by atoms with Crippen LogP contribution in [0.5, 0.6) is 0 Å². The standard InChI is InChI=1S/C14H19N3O3/c1-4-16(10-11(2)3)14(18)9-15-12-6-5-7-13(8-12)17(19)20/h5-8,15H,2,4,9-10H2,1,3H3. The van der Waals surface area contributed by atoms with E-state index in [0.29, 0.717) is 18.8 Å². The summed E-state index contributed by atoms with van der Waals surface area (Å²) in [4.78, 5) is 23.9. The fourth-order valence-corrected chi connectivity index (χ4v) is 1.72. The number of anilines is 1. The summed E-state index contributed by atoms with van der Waals surface area (Å²) in [6.07, 6.45) is 0. The van der Waals surface area contributed by atoms with Gasteiger partial charge in [-0.25, -0.2) is 0 Å². The predicted molar refractivity (Wildman–Crippen MR) is 78.7 cm³/mol. The van der Waals surface area contributed by atoms with Gasteiger partial charge in [0.2, 0.25) is 5.91 Å². The highest BCUT2D eigenvalue weighted by Gasteiger charge is 2.12. The van der Waals surface area contributed by atoms with Crippen molar-refractivity contribution < 1.29 is 9.72 Å². The maximum atomic E-state index is 12.0. The maximum absolute atomic E-state index is 12.0. The smallest absolute Gasteiger partial charge is 0.271 e. The van der Waals surface area contributed by atoms with Crippen LogP contribution in [0.3, 0.4) is 0 Å². The first-order valence-electron chi connectivity index (χ1n) is 6.34. The predicted octanol–water partition coefficient (Wildman–Crippen LogP) is 2.43. The van der Waals surface area contributed by atoms with Gasteiger partial charge in [0.1, 0.15) is 0 Å². The van der Waals surface area contributed by atoms with Crippen LogP contribution >= 0.6 is 0 Å². The Bertz CT molecular complexity index is 514. The number of hydrogen-bond acceptors (Lipinski definition) is 4. The number of amides is 1. The van der Waals surface area contributed by atoms with Crippen molar-refractivity contribution in [2.24, 2.45) is 0 Å². The monoisotopic (exact) mass is 277 g/mol. The highest BCUT2D eigenvalue weighted by Crippen LogP contribution is 2.16. The Morgan fingerprint density at radius 2 is 2.20 bits per heavy atom. The van der Waals surface area contributed by atoms with Crippen LogP contribution in [0.4, 0.5) is 11.4 Å². The number of hydrogen-bond donors (Lipinski definition) is 1. The van der Waals surface area contributed by atoms with E-state index in [-0.39, 0.29) is 18.1 Å². The summed E-state index contributed by atoms with van der Waals surface area (Å²) < 4.78 is 0. The molecule has 0 fully saturated rings. The lowest BCUT2D eigenvalue weighted by molar-refractivity contribution is -0.384. The van der Waals surface area contributed by atoms with E-state index in [0.717, 1.165) is 5.57 Å². The number of nitrogens with zero attached hydrogens (tertiary/aromatic N) is 2. The molecule has 0 unspecified atom stereocenters. The summed E-state index contributed by atoms with van der Waals surface area (Å²) in [5.41, 5.74) is 1.46. The molecule has 0 saturated heterocycles. The van der Waals surface area contributed by atoms with Gasteiger partial charge in [-0.3, -0.25) is 14.9 Å². The molecule has 1 aromatic rings. The number of benzene rings is 1. The van der Waals surface area contributed by atoms with Gasteiger partial charge in [-0.15, -0.1) is 0 Å². The number of carbonyl (C=O) groups is 1. The maximum Gasteiger partial charge on any atom is 0.271 e. The van der Waals surface area contributed by atoms with Crippen molar-refractivity contribution >= 4 is 17.3 Å². The SMILES string of the molecule is C=C(C)CN(CC)C(=O)CNc1cccc([N+](=O)[O-])c1. The first-order chi connectivity index (χ1) is 9.43. The third-order valence-corrected chi connectivity index (χ3v) is 2.70. The molecule has 1 N–H and O–H groups in total. The van der Waals surface area contributed by atoms with E-state index in [1.54, 1.807) is 17.0 Å². The number of likely N-dealkylation sites (N-methyl/N-ethyl adjacent to an activating group) is 1. The van der Waals surface area contributed by atoms with Crippen molar-refractivity contribution in [2.75, 3.05) is 25.0 Å². The van der Waals surface area contributed by atoms with Crippen LogP contribution in [0, 0.1) is 10.1 Å². The van der Waals surface area contributed by atoms with Crippen molar-refractivity contribution in [2.45, 2.75) is 13.8 Å². The normalized spacial score (nSPS) is 9.90. The van der Waals surface area contributed by atoms with E-state index in [1.807, 2.05) is 13.8 Å². The zero-order valence-corrected chi connectivity index (χ0v) is 11.8. The van der Waals surface area contributed by atoms with Gasteiger partial charge >= 0.3 is 0 Å². The molecule has 1 amide bonds. The van der Waals surface area contributed by atoms with Crippen molar-refractivity contribution in [1.82, 2.24) is 4.90 Å². The van der Waals surface area contributed by atoms with Crippen LogP contribution in [0.25, 0.3) is 0 Å². The molecule has 0 heterocycles. The van der Waals surface area contributed by atoms with E-state index in [2.05, 4.69) is 11.9 Å². The Morgan fingerprint density at radius 3 is 2.75 bits per heavy atom. The van der Waals surface area contributed by atoms with Crippen LogP contribution in [-0.4, -0.2) is 35.4 Å². The largest absolute Gasteiger partial charge is 0.376 e. The van der Waals surface area contributed by atoms with E-state index >= 15 is 0 Å². The Balaban J connectivity index is 2.62. The van der Waals surface area contributed by atoms with Gasteiger partial charge in [0.15, 0.2) is 0 Å². The highest BCUT2D eigenvalue weighted by molar-refractivity contribution is 5.81. The molecule has 1 rings (SSSR count). The van der Waals surface area contributed by atoms with Crippen LogP contribution in [0.1, 0.15) is 13.8 Å². The topological polar surface area (TPSA) is 75.5 Å². The van der Waals surface area contributed by atoms with Crippen molar-refractivity contribution in [3.63, 3.8) is 0 Å². The lowest BCUT2D eigenvalue weighted by Crippen LogP contribution is -2.36. The Morgan fingerprint density at radius 1 is 1.50 bits per heavy atom. The molecule has 0 aliphatic carbocycles. The van der Waals surface area contributed by atoms with Gasteiger partial charge in [0, 0.05) is 30.9 Å². The molecule has 0 saturated carbocycles. The summed E-state index contributed by atoms with van der Waals surface area (Å²) in [7, 11) is 0. The molecule has 0 aromatic heterocycles. The molecule has 0 aliphatic heterocycles. The number of carbonyl (C=O) groups excluding carboxylic acids is 1. The van der Waals surface area contributed by atoms with Crippen molar-refractivity contribution in [3.8, 4) is 0 Å². The van der Waals surface area contributed by atoms with E-state index < -0.39 is 4.92 Å². The lowest BCUT2D eigenvalue weighted by atomic mass is 10.2. The number of rotatable bonds is 7. The highest BCUT2D eigenvalue weighted by atomic mass is 16.6. The van der Waals surface area contributed by atoms with Crippen molar-refractivity contribution in [3.05, 3.63) is 46.5 Å². The van der Waals surface area contributed by atoms with Gasteiger partial charge < -0.3 is 10.2 Å². The molecule has 6 nitrogen and oxygen atoms in total. The van der Waals surface area contributed by atoms with Gasteiger partial charge in [0.05, 0.1) is 11.5 Å². The molecule has 108 valence electrons. The minimum atomic E-state index is -0.466. The minimum Gasteiger partial charge on any atom is -0.376 e. The van der Waals surface area contributed by atoms with Crippen LogP contribution in [0.15, 0.2) is 36.4 Å². The van der Waals surface area contributed by atoms with Crippen LogP contribution in [-0.2, 0) is 4.79 Å². The summed E-state index contributed by atoms with van der Waals surface area (Å²) in [6, 6.07) is 6.08. The molecular weight excluding hydrogens is 258 g/mol. The number of nitro groups is 1. The number of nitro benzene ring substituents is 1. The van der Waals surface area contributed by atoms with E-state index in [4.69, 9.17) is 0 Å². The second-order valence-corrected chi connectivity index (χ2v) is 4.53. The Kier molecular flexibility index (Phi) is 5.71. The molecule has 0 aliphatic rings. The van der Waals surface area contributed by atoms with Gasteiger partial charge in [-0.1, -0.05) is 18.2 Å². The van der Waals surface area contributed by atoms with Gasteiger partial charge in [0.25, 0.3) is 5.69 Å². The average Bonchev–Trinajstić information content (AvgIpc) is 2.42. The molecular formula is C14H19N3O3. The molecule has 0 spiro atoms. The lowest BCUT2D eigenvalue weighted by Gasteiger charge is -2.21. The van der Waals surface area contributed by atoms with Crippen LogP contribution in [0.2, 0.25) is 0 Å². The number of non-ortho nitro benzene ring substituents is 1. The van der Waals surface area contributed by atoms with Gasteiger partial charge in [-0.2, -0.15) is 0 Å². The summed E-state index contributed by atoms with van der Waals surface area (Å²) in [5, 5.41) is 13.6. The quantitative estimate of drug-likeness (QED) is 0.472. The molecule has 6 heteroatoms. The molecule has 0 atom stereocenters. The fraction of sp³-hybridized carbons (Fsp3) is 0.357.